The average molecular weight is 667 g/mol. The highest BCUT2D eigenvalue weighted by Crippen LogP contribution is 2.49. The second-order valence-electron chi connectivity index (χ2n) is 14.5. The topological polar surface area (TPSA) is 94.2 Å². The second-order valence-corrected chi connectivity index (χ2v) is 16.5. The zero-order valence-electron chi connectivity index (χ0n) is 28.9. The van der Waals surface area contributed by atoms with Crippen LogP contribution in [0.3, 0.4) is 0 Å². The highest BCUT2D eigenvalue weighted by atomic mass is 32.2. The Morgan fingerprint density at radius 3 is 2.47 bits per heavy atom. The fraction of sp³-hybridized carbons (Fsp3) is 0.658. The van der Waals surface area contributed by atoms with Gasteiger partial charge in [0.15, 0.2) is 6.29 Å². The van der Waals surface area contributed by atoms with E-state index in [2.05, 4.69) is 34.7 Å². The van der Waals surface area contributed by atoms with Gasteiger partial charge in [0, 0.05) is 30.0 Å². The predicted octanol–water partition coefficient (Wildman–Crippen LogP) is 6.78. The Labute approximate surface area is 282 Å². The van der Waals surface area contributed by atoms with Gasteiger partial charge in [0.05, 0.1) is 30.8 Å². The number of amides is 1. The number of carbonyl (C=O) groups excluding carboxylic acids is 1. The molecule has 3 aliphatic heterocycles. The first kappa shape index (κ1) is 34.3. The van der Waals surface area contributed by atoms with E-state index in [1.165, 1.54) is 16.7 Å². The molecule has 3 heterocycles. The quantitative estimate of drug-likeness (QED) is 0.359. The molecule has 1 saturated carbocycles. The number of fused-ring (bicyclic) bond motifs is 4. The first-order valence-electron chi connectivity index (χ1n) is 18.0. The molecule has 2 fully saturated rings. The lowest BCUT2D eigenvalue weighted by atomic mass is 9.64. The minimum absolute atomic E-state index is 0.0965. The average Bonchev–Trinajstić information content (AvgIpc) is 3.54. The molecule has 1 amide bonds. The van der Waals surface area contributed by atoms with E-state index in [1.807, 2.05) is 32.9 Å². The van der Waals surface area contributed by atoms with Gasteiger partial charge in [0.2, 0.25) is 10.0 Å². The van der Waals surface area contributed by atoms with Crippen molar-refractivity contribution in [3.63, 3.8) is 0 Å². The summed E-state index contributed by atoms with van der Waals surface area (Å²) < 4.78 is 48.1. The van der Waals surface area contributed by atoms with Crippen LogP contribution in [0.5, 0.6) is 5.75 Å². The Balaban J connectivity index is 0.00000190. The number of hydrogen-bond donors (Lipinski definition) is 1. The molecule has 5 unspecified atom stereocenters. The summed E-state index contributed by atoms with van der Waals surface area (Å²) in [6.07, 6.45) is 7.92. The standard InChI is InChI=1S/C36H48N2O6S.C2H6/c1-23-9-13-31-26(18-23)7-5-15-36(31)21-38-20-28-10-12-29(28)30(35-42-16-17-43-35)8-4-6-24(2)25(3)45(40,41)37-34(39)27-11-14-33(44-22-36)32(38)19-27;1-2/h9,11,13-14,18-19,24-25,28-30,35H,4-8,10,12,15-17,20-22H2,1-3H3,(H,37,39);1-2H3/t24?,25?,28?,29?,30?,36-;/m0./s1. The summed E-state index contributed by atoms with van der Waals surface area (Å²) in [5.41, 5.74) is 5.11. The van der Waals surface area contributed by atoms with Crippen molar-refractivity contribution in [1.82, 2.24) is 4.72 Å². The third kappa shape index (κ3) is 6.82. The number of aryl methyl sites for hydroxylation is 2. The van der Waals surface area contributed by atoms with E-state index in [0.29, 0.717) is 37.2 Å². The molecule has 1 N–H and O–H groups in total. The molecule has 2 bridgehead atoms. The summed E-state index contributed by atoms with van der Waals surface area (Å²) in [6, 6.07) is 12.3. The molecule has 1 spiro atoms. The Bertz CT molecular complexity index is 1540. The molecule has 9 heteroatoms. The van der Waals surface area contributed by atoms with Gasteiger partial charge < -0.3 is 19.1 Å². The van der Waals surface area contributed by atoms with Crippen LogP contribution in [-0.4, -0.2) is 58.8 Å². The number of rotatable bonds is 1. The molecule has 5 aliphatic rings. The fourth-order valence-corrected chi connectivity index (χ4v) is 10.1. The molecule has 2 aromatic rings. The molecule has 7 rings (SSSR count). The summed E-state index contributed by atoms with van der Waals surface area (Å²) in [7, 11) is -3.87. The van der Waals surface area contributed by atoms with E-state index >= 15 is 0 Å². The molecule has 258 valence electrons. The van der Waals surface area contributed by atoms with E-state index in [-0.39, 0.29) is 23.5 Å². The van der Waals surface area contributed by atoms with E-state index in [9.17, 15) is 13.2 Å². The van der Waals surface area contributed by atoms with Crippen molar-refractivity contribution in [2.75, 3.05) is 37.8 Å². The highest BCUT2D eigenvalue weighted by Gasteiger charge is 2.46. The van der Waals surface area contributed by atoms with Crippen LogP contribution in [0.15, 0.2) is 36.4 Å². The van der Waals surface area contributed by atoms with E-state index in [4.69, 9.17) is 14.2 Å². The van der Waals surface area contributed by atoms with Gasteiger partial charge in [0.25, 0.3) is 5.91 Å². The van der Waals surface area contributed by atoms with Gasteiger partial charge in [0.1, 0.15) is 5.75 Å². The van der Waals surface area contributed by atoms with Gasteiger partial charge in [-0.1, -0.05) is 51.0 Å². The van der Waals surface area contributed by atoms with Crippen molar-refractivity contribution in [2.24, 2.45) is 23.7 Å². The first-order chi connectivity index (χ1) is 22.6. The molecular weight excluding hydrogens is 612 g/mol. The maximum Gasteiger partial charge on any atom is 0.264 e. The van der Waals surface area contributed by atoms with Crippen LogP contribution in [0, 0.1) is 30.6 Å². The number of carbonyl (C=O) groups is 1. The normalized spacial score (nSPS) is 32.4. The van der Waals surface area contributed by atoms with Crippen LogP contribution in [0.1, 0.15) is 99.7 Å². The minimum atomic E-state index is -3.87. The van der Waals surface area contributed by atoms with Gasteiger partial charge >= 0.3 is 0 Å². The third-order valence-electron chi connectivity index (χ3n) is 11.7. The van der Waals surface area contributed by atoms with E-state index in [1.54, 1.807) is 13.0 Å². The van der Waals surface area contributed by atoms with Crippen molar-refractivity contribution in [1.29, 1.82) is 0 Å². The Morgan fingerprint density at radius 1 is 0.936 bits per heavy atom. The second kappa shape index (κ2) is 14.1. The van der Waals surface area contributed by atoms with Gasteiger partial charge in [-0.05, 0) is 106 Å². The third-order valence-corrected chi connectivity index (χ3v) is 13.6. The fourth-order valence-electron chi connectivity index (χ4n) is 8.76. The van der Waals surface area contributed by atoms with Crippen molar-refractivity contribution in [3.05, 3.63) is 58.7 Å². The predicted molar refractivity (Wildman–Crippen MR) is 186 cm³/mol. The van der Waals surface area contributed by atoms with Crippen LogP contribution in [0.4, 0.5) is 5.69 Å². The van der Waals surface area contributed by atoms with Crippen molar-refractivity contribution in [2.45, 2.75) is 103 Å². The van der Waals surface area contributed by atoms with Crippen LogP contribution in [-0.2, 0) is 31.3 Å². The number of nitrogens with one attached hydrogen (secondary N) is 1. The van der Waals surface area contributed by atoms with E-state index in [0.717, 1.165) is 75.9 Å². The number of ether oxygens (including phenoxy) is 3. The van der Waals surface area contributed by atoms with Crippen molar-refractivity contribution < 1.29 is 27.4 Å². The minimum Gasteiger partial charge on any atom is -0.490 e. The molecule has 0 aromatic heterocycles. The number of hydrogen-bond acceptors (Lipinski definition) is 7. The largest absolute Gasteiger partial charge is 0.490 e. The Morgan fingerprint density at radius 2 is 1.72 bits per heavy atom. The first-order valence-corrected chi connectivity index (χ1v) is 19.6. The number of nitrogens with zero attached hydrogens (tertiary/aromatic N) is 1. The maximum absolute atomic E-state index is 13.5. The number of anilines is 1. The molecule has 6 atom stereocenters. The zero-order chi connectivity index (χ0) is 33.3. The Kier molecular flexibility index (Phi) is 10.3. The lowest BCUT2D eigenvalue weighted by molar-refractivity contribution is -0.123. The molecule has 0 radical (unpaired) electrons. The van der Waals surface area contributed by atoms with Crippen LogP contribution >= 0.6 is 0 Å². The van der Waals surface area contributed by atoms with Gasteiger partial charge in [-0.2, -0.15) is 0 Å². The zero-order valence-corrected chi connectivity index (χ0v) is 29.7. The molecule has 2 aliphatic carbocycles. The summed E-state index contributed by atoms with van der Waals surface area (Å²) in [5.74, 6) is 1.28. The molecule has 8 nitrogen and oxygen atoms in total. The monoisotopic (exact) mass is 666 g/mol. The maximum atomic E-state index is 13.5. The van der Waals surface area contributed by atoms with E-state index < -0.39 is 21.2 Å². The molecule has 2 aromatic carbocycles. The SMILES string of the molecule is CC.Cc1ccc2c(c1)CCC[C@]21COc2ccc3cc2N(CC2CCC2C(C2OCCO2)CCCC(C)C(C)S(=O)(=O)NC3=O)C1. The van der Waals surface area contributed by atoms with Gasteiger partial charge in [-0.3, -0.25) is 4.79 Å². The summed E-state index contributed by atoms with van der Waals surface area (Å²) >= 11 is 0. The molecular formula is C38H54N2O6S. The van der Waals surface area contributed by atoms with Crippen LogP contribution in [0.2, 0.25) is 0 Å². The molecule has 47 heavy (non-hydrogen) atoms. The number of benzene rings is 2. The van der Waals surface area contributed by atoms with Crippen molar-refractivity contribution in [3.8, 4) is 5.75 Å². The number of sulfonamides is 1. The Hall–Kier alpha value is -2.62. The van der Waals surface area contributed by atoms with Gasteiger partial charge in [-0.15, -0.1) is 0 Å². The van der Waals surface area contributed by atoms with Gasteiger partial charge in [-0.25, -0.2) is 13.1 Å². The van der Waals surface area contributed by atoms with Crippen LogP contribution in [0.25, 0.3) is 0 Å². The highest BCUT2D eigenvalue weighted by molar-refractivity contribution is 7.90. The summed E-state index contributed by atoms with van der Waals surface area (Å²) in [5, 5.41) is -0.696. The lowest BCUT2D eigenvalue weighted by Crippen LogP contribution is -2.50. The van der Waals surface area contributed by atoms with Crippen LogP contribution < -0.4 is 14.4 Å². The summed E-state index contributed by atoms with van der Waals surface area (Å²) in [6.45, 7) is 13.3. The van der Waals surface area contributed by atoms with Crippen molar-refractivity contribution >= 4 is 21.6 Å². The molecule has 1 saturated heterocycles. The lowest BCUT2D eigenvalue weighted by Gasteiger charge is -2.47. The smallest absolute Gasteiger partial charge is 0.264 e. The summed E-state index contributed by atoms with van der Waals surface area (Å²) in [4.78, 5) is 15.9.